The molecule has 0 spiro atoms. The van der Waals surface area contributed by atoms with E-state index in [1.807, 2.05) is 48.3 Å². The van der Waals surface area contributed by atoms with Gasteiger partial charge in [0.25, 0.3) is 5.91 Å². The van der Waals surface area contributed by atoms with Gasteiger partial charge in [0.15, 0.2) is 0 Å². The molecule has 1 fully saturated rings. The lowest BCUT2D eigenvalue weighted by molar-refractivity contribution is 0.0730. The Hall–Kier alpha value is -3.13. The maximum absolute atomic E-state index is 13.9. The number of likely N-dealkylation sites (tertiary alicyclic amines) is 1. The van der Waals surface area contributed by atoms with Crippen LogP contribution in [0.4, 0.5) is 4.39 Å². The Morgan fingerprint density at radius 2 is 2.00 bits per heavy atom. The van der Waals surface area contributed by atoms with E-state index in [4.69, 9.17) is 0 Å². The fourth-order valence-corrected chi connectivity index (χ4v) is 4.37. The molecular weight excluding hydrogens is 407 g/mol. The Morgan fingerprint density at radius 3 is 2.75 bits per heavy atom. The lowest BCUT2D eigenvalue weighted by Crippen LogP contribution is -2.42. The van der Waals surface area contributed by atoms with E-state index in [1.165, 1.54) is 6.07 Å². The number of carbonyl (C=O) groups excluding carboxylic acids is 1. The van der Waals surface area contributed by atoms with Crippen LogP contribution in [0.3, 0.4) is 0 Å². The predicted octanol–water partition coefficient (Wildman–Crippen LogP) is 2.89. The summed E-state index contributed by atoms with van der Waals surface area (Å²) < 4.78 is 15.5. The molecule has 1 aliphatic heterocycles. The molecule has 0 bridgehead atoms. The zero-order chi connectivity index (χ0) is 22.3. The summed E-state index contributed by atoms with van der Waals surface area (Å²) in [5.74, 6) is 0.329. The van der Waals surface area contributed by atoms with Crippen LogP contribution in [0.25, 0.3) is 0 Å². The molecule has 0 N–H and O–H groups in total. The molecule has 4 rings (SSSR count). The van der Waals surface area contributed by atoms with E-state index in [9.17, 15) is 9.18 Å². The minimum absolute atomic E-state index is 0.0300. The standard InChI is InChI=1S/C24H29FN6O/c1-29(24(32)22-10-8-19(9-11-22)17-31-18-26-27-28-31)15-20-5-4-13-30(16-20)14-12-21-6-2-3-7-23(21)25/h2-3,6-11,18,20H,4-5,12-17H2,1H3. The van der Waals surface area contributed by atoms with Gasteiger partial charge < -0.3 is 9.80 Å². The van der Waals surface area contributed by atoms with Crippen molar-refractivity contribution < 1.29 is 9.18 Å². The number of aromatic nitrogens is 4. The number of nitrogens with zero attached hydrogens (tertiary/aromatic N) is 6. The van der Waals surface area contributed by atoms with Gasteiger partial charge in [0.05, 0.1) is 6.54 Å². The van der Waals surface area contributed by atoms with Gasteiger partial charge in [0, 0.05) is 32.2 Å². The highest BCUT2D eigenvalue weighted by Crippen LogP contribution is 2.19. The fourth-order valence-electron chi connectivity index (χ4n) is 4.37. The Kier molecular flexibility index (Phi) is 7.21. The van der Waals surface area contributed by atoms with E-state index in [0.29, 0.717) is 24.4 Å². The van der Waals surface area contributed by atoms with E-state index in [0.717, 1.165) is 50.1 Å². The van der Waals surface area contributed by atoms with Gasteiger partial charge in [-0.25, -0.2) is 9.07 Å². The Bertz CT molecular complexity index is 1010. The topological polar surface area (TPSA) is 67.2 Å². The SMILES string of the molecule is CN(CC1CCCN(CCc2ccccc2F)C1)C(=O)c1ccc(Cn2cnnn2)cc1. The van der Waals surface area contributed by atoms with Crippen LogP contribution in [0.15, 0.2) is 54.9 Å². The third-order valence-electron chi connectivity index (χ3n) is 6.07. The average Bonchev–Trinajstić information content (AvgIpc) is 3.32. The van der Waals surface area contributed by atoms with Crippen molar-refractivity contribution in [1.82, 2.24) is 30.0 Å². The monoisotopic (exact) mass is 436 g/mol. The summed E-state index contributed by atoms with van der Waals surface area (Å²) in [4.78, 5) is 17.1. The minimum atomic E-state index is -0.129. The summed E-state index contributed by atoms with van der Waals surface area (Å²) in [6.07, 6.45) is 4.50. The normalized spacial score (nSPS) is 16.8. The van der Waals surface area contributed by atoms with Gasteiger partial charge in [-0.15, -0.1) is 5.10 Å². The van der Waals surface area contributed by atoms with Crippen molar-refractivity contribution in [1.29, 1.82) is 0 Å². The van der Waals surface area contributed by atoms with Crippen molar-refractivity contribution in [2.45, 2.75) is 25.8 Å². The first-order valence-electron chi connectivity index (χ1n) is 11.1. The molecule has 3 aromatic rings. The van der Waals surface area contributed by atoms with E-state index in [2.05, 4.69) is 20.4 Å². The minimum Gasteiger partial charge on any atom is -0.341 e. The number of amides is 1. The second-order valence-corrected chi connectivity index (χ2v) is 8.54. The number of rotatable bonds is 8. The highest BCUT2D eigenvalue weighted by atomic mass is 19.1. The smallest absolute Gasteiger partial charge is 0.253 e. The van der Waals surface area contributed by atoms with Gasteiger partial charge in [-0.1, -0.05) is 30.3 Å². The first kappa shape index (κ1) is 22.1. The number of carbonyl (C=O) groups is 1. The van der Waals surface area contributed by atoms with Crippen LogP contribution in [-0.4, -0.2) is 69.1 Å². The summed E-state index contributed by atoms with van der Waals surface area (Å²) in [6.45, 7) is 4.11. The third-order valence-corrected chi connectivity index (χ3v) is 6.07. The highest BCUT2D eigenvalue weighted by molar-refractivity contribution is 5.94. The number of benzene rings is 2. The lowest BCUT2D eigenvalue weighted by atomic mass is 9.96. The molecule has 1 aliphatic rings. The lowest BCUT2D eigenvalue weighted by Gasteiger charge is -2.34. The summed E-state index contributed by atoms with van der Waals surface area (Å²) in [5.41, 5.74) is 2.49. The van der Waals surface area contributed by atoms with E-state index >= 15 is 0 Å². The zero-order valence-corrected chi connectivity index (χ0v) is 18.4. The van der Waals surface area contributed by atoms with Crippen LogP contribution >= 0.6 is 0 Å². The van der Waals surface area contributed by atoms with Crippen molar-refractivity contribution in [2.24, 2.45) is 5.92 Å². The highest BCUT2D eigenvalue weighted by Gasteiger charge is 2.23. The molecule has 2 heterocycles. The van der Waals surface area contributed by atoms with Gasteiger partial charge in [-0.3, -0.25) is 4.79 Å². The molecule has 0 radical (unpaired) electrons. The summed E-state index contributed by atoms with van der Waals surface area (Å²) >= 11 is 0. The van der Waals surface area contributed by atoms with Crippen molar-refractivity contribution in [3.63, 3.8) is 0 Å². The maximum atomic E-state index is 13.9. The molecule has 1 amide bonds. The van der Waals surface area contributed by atoms with E-state index < -0.39 is 0 Å². The molecule has 1 unspecified atom stereocenters. The van der Waals surface area contributed by atoms with Gasteiger partial charge in [-0.2, -0.15) is 0 Å². The van der Waals surface area contributed by atoms with E-state index in [-0.39, 0.29) is 11.7 Å². The largest absolute Gasteiger partial charge is 0.341 e. The molecule has 1 aromatic heterocycles. The number of tetrazole rings is 1. The number of hydrogen-bond acceptors (Lipinski definition) is 5. The van der Waals surface area contributed by atoms with Crippen molar-refractivity contribution in [2.75, 3.05) is 33.2 Å². The van der Waals surface area contributed by atoms with Crippen LogP contribution in [0.1, 0.15) is 34.3 Å². The van der Waals surface area contributed by atoms with Gasteiger partial charge in [-0.05, 0) is 71.5 Å². The number of hydrogen-bond donors (Lipinski definition) is 0. The van der Waals surface area contributed by atoms with Crippen LogP contribution < -0.4 is 0 Å². The molecule has 8 heteroatoms. The van der Waals surface area contributed by atoms with E-state index in [1.54, 1.807) is 17.1 Å². The second-order valence-electron chi connectivity index (χ2n) is 8.54. The van der Waals surface area contributed by atoms with Gasteiger partial charge in [0.2, 0.25) is 0 Å². The van der Waals surface area contributed by atoms with Gasteiger partial charge >= 0.3 is 0 Å². The molecule has 0 aliphatic carbocycles. The van der Waals surface area contributed by atoms with Crippen molar-refractivity contribution >= 4 is 5.91 Å². The summed E-state index contributed by atoms with van der Waals surface area (Å²) in [7, 11) is 1.87. The molecular formula is C24H29FN6O. The zero-order valence-electron chi connectivity index (χ0n) is 18.4. The molecule has 2 aromatic carbocycles. The predicted molar refractivity (Wildman–Crippen MR) is 120 cm³/mol. The Morgan fingerprint density at radius 1 is 1.19 bits per heavy atom. The second kappa shape index (κ2) is 10.5. The molecule has 168 valence electrons. The number of piperidine rings is 1. The fraction of sp³-hybridized carbons (Fsp3) is 0.417. The molecule has 32 heavy (non-hydrogen) atoms. The average molecular weight is 437 g/mol. The van der Waals surface area contributed by atoms with Crippen molar-refractivity contribution in [3.05, 3.63) is 77.4 Å². The molecule has 0 saturated carbocycles. The Labute approximate surface area is 187 Å². The third kappa shape index (κ3) is 5.76. The first-order chi connectivity index (χ1) is 15.6. The van der Waals surface area contributed by atoms with Crippen LogP contribution in [0.2, 0.25) is 0 Å². The summed E-state index contributed by atoms with van der Waals surface area (Å²) in [6, 6.07) is 14.6. The molecule has 1 saturated heterocycles. The van der Waals surface area contributed by atoms with Gasteiger partial charge in [0.1, 0.15) is 12.1 Å². The molecule has 1 atom stereocenters. The quantitative estimate of drug-likeness (QED) is 0.543. The Balaban J connectivity index is 1.27. The number of halogens is 1. The summed E-state index contributed by atoms with van der Waals surface area (Å²) in [5, 5.41) is 11.1. The first-order valence-corrected chi connectivity index (χ1v) is 11.1. The van der Waals surface area contributed by atoms with Crippen LogP contribution in [-0.2, 0) is 13.0 Å². The van der Waals surface area contributed by atoms with Crippen LogP contribution in [0.5, 0.6) is 0 Å². The van der Waals surface area contributed by atoms with Crippen LogP contribution in [0, 0.1) is 11.7 Å². The molecule has 7 nitrogen and oxygen atoms in total. The maximum Gasteiger partial charge on any atom is 0.253 e. The van der Waals surface area contributed by atoms with Crippen molar-refractivity contribution in [3.8, 4) is 0 Å².